The second-order valence-electron chi connectivity index (χ2n) is 4.73. The summed E-state index contributed by atoms with van der Waals surface area (Å²) in [5, 5.41) is 2.92. The van der Waals surface area contributed by atoms with Gasteiger partial charge in [-0.25, -0.2) is 0 Å². The SMILES string of the molecule is CNC(CCC(F)(F)F)c1cccc(OC(C)C)c1. The second-order valence-corrected chi connectivity index (χ2v) is 4.73. The van der Waals surface area contributed by atoms with Gasteiger partial charge in [-0.15, -0.1) is 0 Å². The molecule has 0 saturated carbocycles. The summed E-state index contributed by atoms with van der Waals surface area (Å²) in [7, 11) is 1.66. The summed E-state index contributed by atoms with van der Waals surface area (Å²) in [6.45, 7) is 3.82. The van der Waals surface area contributed by atoms with E-state index in [-0.39, 0.29) is 18.6 Å². The molecular formula is C14H20F3NO. The lowest BCUT2D eigenvalue weighted by atomic mass is 10.0. The van der Waals surface area contributed by atoms with Gasteiger partial charge in [-0.2, -0.15) is 13.2 Å². The zero-order valence-electron chi connectivity index (χ0n) is 11.4. The zero-order chi connectivity index (χ0) is 14.5. The van der Waals surface area contributed by atoms with E-state index in [9.17, 15) is 13.2 Å². The molecule has 1 N–H and O–H groups in total. The summed E-state index contributed by atoms with van der Waals surface area (Å²) in [6.07, 6.45) is -4.86. The highest BCUT2D eigenvalue weighted by Gasteiger charge is 2.28. The molecule has 5 heteroatoms. The Morgan fingerprint density at radius 2 is 1.95 bits per heavy atom. The Balaban J connectivity index is 2.75. The minimum Gasteiger partial charge on any atom is -0.491 e. The van der Waals surface area contributed by atoms with Crippen LogP contribution in [0, 0.1) is 0 Å². The molecule has 0 radical (unpaired) electrons. The van der Waals surface area contributed by atoms with Crippen LogP contribution in [0.1, 0.15) is 38.3 Å². The Kier molecular flexibility index (Phi) is 5.66. The number of hydrogen-bond acceptors (Lipinski definition) is 2. The van der Waals surface area contributed by atoms with Crippen LogP contribution in [0.25, 0.3) is 0 Å². The molecule has 0 spiro atoms. The third-order valence-electron chi connectivity index (χ3n) is 2.70. The van der Waals surface area contributed by atoms with E-state index in [1.54, 1.807) is 25.2 Å². The predicted molar refractivity (Wildman–Crippen MR) is 69.3 cm³/mol. The van der Waals surface area contributed by atoms with E-state index in [2.05, 4.69) is 5.32 Å². The third-order valence-corrected chi connectivity index (χ3v) is 2.70. The first-order valence-electron chi connectivity index (χ1n) is 6.32. The number of hydrogen-bond donors (Lipinski definition) is 1. The molecule has 0 aliphatic heterocycles. The van der Waals surface area contributed by atoms with Gasteiger partial charge in [0.1, 0.15) is 5.75 Å². The Labute approximate surface area is 112 Å². The standard InChI is InChI=1S/C14H20F3NO/c1-10(2)19-12-6-4-5-11(9-12)13(18-3)7-8-14(15,16)17/h4-6,9-10,13,18H,7-8H2,1-3H3. The zero-order valence-corrected chi connectivity index (χ0v) is 11.4. The second kappa shape index (κ2) is 6.80. The van der Waals surface area contributed by atoms with Crippen molar-refractivity contribution in [2.24, 2.45) is 0 Å². The van der Waals surface area contributed by atoms with Crippen LogP contribution in [-0.2, 0) is 0 Å². The fourth-order valence-electron chi connectivity index (χ4n) is 1.86. The van der Waals surface area contributed by atoms with E-state index < -0.39 is 12.6 Å². The van der Waals surface area contributed by atoms with Crippen molar-refractivity contribution in [2.75, 3.05) is 7.05 Å². The molecule has 0 saturated heterocycles. The number of alkyl halides is 3. The summed E-state index contributed by atoms with van der Waals surface area (Å²) in [5.41, 5.74) is 0.810. The van der Waals surface area contributed by atoms with Gasteiger partial charge in [-0.05, 0) is 45.0 Å². The van der Waals surface area contributed by atoms with Crippen molar-refractivity contribution in [1.82, 2.24) is 5.32 Å². The quantitative estimate of drug-likeness (QED) is 0.844. The van der Waals surface area contributed by atoms with Crippen molar-refractivity contribution >= 4 is 0 Å². The highest BCUT2D eigenvalue weighted by Crippen LogP contribution is 2.28. The molecule has 1 aromatic rings. The third kappa shape index (κ3) is 5.96. The average molecular weight is 275 g/mol. The normalized spacial score (nSPS) is 13.6. The van der Waals surface area contributed by atoms with E-state index in [1.807, 2.05) is 19.9 Å². The summed E-state index contributed by atoms with van der Waals surface area (Å²) in [4.78, 5) is 0. The molecular weight excluding hydrogens is 255 g/mol. The van der Waals surface area contributed by atoms with E-state index >= 15 is 0 Å². The molecule has 0 heterocycles. The van der Waals surface area contributed by atoms with Crippen LogP contribution in [-0.4, -0.2) is 19.3 Å². The fraction of sp³-hybridized carbons (Fsp3) is 0.571. The van der Waals surface area contributed by atoms with Gasteiger partial charge in [0.2, 0.25) is 0 Å². The van der Waals surface area contributed by atoms with Crippen molar-refractivity contribution in [3.63, 3.8) is 0 Å². The Morgan fingerprint density at radius 3 is 2.47 bits per heavy atom. The minimum atomic E-state index is -4.12. The van der Waals surface area contributed by atoms with E-state index in [4.69, 9.17) is 4.74 Å². The van der Waals surface area contributed by atoms with Crippen LogP contribution in [0.5, 0.6) is 5.75 Å². The monoisotopic (exact) mass is 275 g/mol. The van der Waals surface area contributed by atoms with Crippen LogP contribution >= 0.6 is 0 Å². The maximum Gasteiger partial charge on any atom is 0.389 e. The highest BCUT2D eigenvalue weighted by molar-refractivity contribution is 5.30. The number of nitrogens with one attached hydrogen (secondary N) is 1. The molecule has 0 aliphatic rings. The summed E-state index contributed by atoms with van der Waals surface area (Å²) in [5.74, 6) is 0.680. The van der Waals surface area contributed by atoms with E-state index in [1.165, 1.54) is 0 Å². The first kappa shape index (κ1) is 15.8. The molecule has 0 fully saturated rings. The van der Waals surface area contributed by atoms with Crippen LogP contribution in [0.2, 0.25) is 0 Å². The first-order valence-corrected chi connectivity index (χ1v) is 6.32. The average Bonchev–Trinajstić information content (AvgIpc) is 2.28. The van der Waals surface area contributed by atoms with Crippen LogP contribution in [0.15, 0.2) is 24.3 Å². The molecule has 19 heavy (non-hydrogen) atoms. The lowest BCUT2D eigenvalue weighted by molar-refractivity contribution is -0.136. The number of rotatable bonds is 6. The van der Waals surface area contributed by atoms with E-state index in [0.717, 1.165) is 5.56 Å². The Bertz CT molecular complexity index is 391. The molecule has 1 rings (SSSR count). The van der Waals surface area contributed by atoms with Crippen molar-refractivity contribution in [3.05, 3.63) is 29.8 Å². The van der Waals surface area contributed by atoms with Gasteiger partial charge >= 0.3 is 6.18 Å². The van der Waals surface area contributed by atoms with Crippen molar-refractivity contribution in [1.29, 1.82) is 0 Å². The van der Waals surface area contributed by atoms with Gasteiger partial charge in [0.25, 0.3) is 0 Å². The number of ether oxygens (including phenoxy) is 1. The molecule has 1 atom stereocenters. The molecule has 0 amide bonds. The molecule has 1 unspecified atom stereocenters. The van der Waals surface area contributed by atoms with Gasteiger partial charge < -0.3 is 10.1 Å². The van der Waals surface area contributed by atoms with E-state index in [0.29, 0.717) is 5.75 Å². The van der Waals surface area contributed by atoms with Crippen LogP contribution in [0.3, 0.4) is 0 Å². The lowest BCUT2D eigenvalue weighted by Gasteiger charge is -2.19. The maximum atomic E-state index is 12.3. The molecule has 0 aromatic heterocycles. The molecule has 108 valence electrons. The van der Waals surface area contributed by atoms with Gasteiger partial charge in [0, 0.05) is 12.5 Å². The summed E-state index contributed by atoms with van der Waals surface area (Å²) >= 11 is 0. The van der Waals surface area contributed by atoms with Gasteiger partial charge in [0.05, 0.1) is 6.10 Å². The number of benzene rings is 1. The van der Waals surface area contributed by atoms with Crippen molar-refractivity contribution < 1.29 is 17.9 Å². The predicted octanol–water partition coefficient (Wildman–Crippen LogP) is 4.08. The molecule has 2 nitrogen and oxygen atoms in total. The van der Waals surface area contributed by atoms with Gasteiger partial charge in [-0.1, -0.05) is 12.1 Å². The molecule has 0 aliphatic carbocycles. The number of halogens is 3. The maximum absolute atomic E-state index is 12.3. The highest BCUT2D eigenvalue weighted by atomic mass is 19.4. The summed E-state index contributed by atoms with van der Waals surface area (Å²) < 4.78 is 42.3. The van der Waals surface area contributed by atoms with Crippen molar-refractivity contribution in [3.8, 4) is 5.75 Å². The topological polar surface area (TPSA) is 21.3 Å². The molecule has 0 bridgehead atoms. The van der Waals surface area contributed by atoms with Crippen LogP contribution in [0.4, 0.5) is 13.2 Å². The Hall–Kier alpha value is -1.23. The van der Waals surface area contributed by atoms with Crippen molar-refractivity contribution in [2.45, 2.75) is 45.0 Å². The smallest absolute Gasteiger partial charge is 0.389 e. The lowest BCUT2D eigenvalue weighted by Crippen LogP contribution is -2.19. The first-order chi connectivity index (χ1) is 8.81. The fourth-order valence-corrected chi connectivity index (χ4v) is 1.86. The largest absolute Gasteiger partial charge is 0.491 e. The van der Waals surface area contributed by atoms with Crippen LogP contribution < -0.4 is 10.1 Å². The molecule has 1 aromatic carbocycles. The minimum absolute atomic E-state index is 0.0190. The summed E-state index contributed by atoms with van der Waals surface area (Å²) in [6, 6.07) is 6.88. The van der Waals surface area contributed by atoms with Gasteiger partial charge in [0.15, 0.2) is 0 Å². The van der Waals surface area contributed by atoms with Gasteiger partial charge in [-0.3, -0.25) is 0 Å². The Morgan fingerprint density at radius 1 is 1.26 bits per heavy atom.